The quantitative estimate of drug-likeness (QED) is 0.241. The number of rotatable bonds is 0. The fraction of sp³-hybridized carbons (Fsp3) is 1.00. The number of alkyl halides is 2. The summed E-state index contributed by atoms with van der Waals surface area (Å²) < 4.78 is 2.93. The first kappa shape index (κ1) is 5.82. The Labute approximate surface area is 55.3 Å². The van der Waals surface area contributed by atoms with Gasteiger partial charge in [0, 0.05) is 0 Å². The summed E-state index contributed by atoms with van der Waals surface area (Å²) in [6, 6.07) is 0.896. The third-order valence-electron chi connectivity index (χ3n) is 1.36. The van der Waals surface area contributed by atoms with Gasteiger partial charge in [0.1, 0.15) is 0 Å². The molecule has 0 N–H and O–H groups in total. The molecule has 0 bridgehead atoms. The summed E-state index contributed by atoms with van der Waals surface area (Å²) in [4.78, 5) is 2.45. The molecule has 0 saturated carbocycles. The molecule has 1 fully saturated rings. The van der Waals surface area contributed by atoms with Crippen molar-refractivity contribution in [3.05, 3.63) is 0 Å². The van der Waals surface area contributed by atoms with E-state index in [1.165, 1.54) is 8.98 Å². The Bertz CT molecular complexity index is 57.1. The van der Waals surface area contributed by atoms with E-state index in [4.69, 9.17) is 0 Å². The maximum absolute atomic E-state index is 2.45. The number of nitrogens with zero attached hydrogens (tertiary/aromatic N) is 1. The molecule has 7 heavy (non-hydrogen) atoms. The van der Waals surface area contributed by atoms with Crippen LogP contribution in [0.3, 0.4) is 0 Å². The van der Waals surface area contributed by atoms with E-state index in [1.807, 2.05) is 0 Å². The number of hydrogen-bond donors (Lipinski definition) is 0. The van der Waals surface area contributed by atoms with Crippen LogP contribution in [0.2, 0.25) is 0 Å². The van der Waals surface area contributed by atoms with Gasteiger partial charge in [0.15, 0.2) is 0 Å². The zero-order valence-corrected chi connectivity index (χ0v) is 6.97. The maximum atomic E-state index is 2.45. The fourth-order valence-corrected chi connectivity index (χ4v) is 3.86. The fourth-order valence-electron chi connectivity index (χ4n) is 0.576. The molecule has 0 aromatic rings. The summed E-state index contributed by atoms with van der Waals surface area (Å²) in [6.45, 7) is 2.31. The van der Waals surface area contributed by atoms with Crippen molar-refractivity contribution in [2.75, 3.05) is 16.0 Å². The van der Waals surface area contributed by atoms with Gasteiger partial charge in [0.05, 0.1) is 0 Å². The minimum absolute atomic E-state index is 0.588. The summed E-state index contributed by atoms with van der Waals surface area (Å²) in [7, 11) is 2.22. The molecular formula is C5H11IN-. The molecule has 0 aromatic carbocycles. The first-order chi connectivity index (χ1) is 3.30. The molecular weight excluding hydrogens is 201 g/mol. The molecule has 1 aliphatic heterocycles. The molecule has 1 nitrogen and oxygen atoms in total. The molecule has 0 aromatic heterocycles. The SMILES string of the molecule is C[C@@H]1C[I-]CN1C. The molecule has 2 heteroatoms. The Hall–Kier alpha value is 0.690. The van der Waals surface area contributed by atoms with Gasteiger partial charge in [-0.3, -0.25) is 0 Å². The molecule has 0 radical (unpaired) electrons. The van der Waals surface area contributed by atoms with Crippen LogP contribution in [0.5, 0.6) is 0 Å². The second-order valence-corrected chi connectivity index (χ2v) is 4.71. The standard InChI is InChI=1S/C5H11IN/c1-5-3-6-4-7(5)2/h5H,3-4H2,1-2H3/q-1/t5-/m1/s1. The normalized spacial score (nSPS) is 35.4. The zero-order valence-electron chi connectivity index (χ0n) is 4.82. The topological polar surface area (TPSA) is 3.24 Å². The van der Waals surface area contributed by atoms with E-state index in [0.717, 1.165) is 6.04 Å². The van der Waals surface area contributed by atoms with Crippen molar-refractivity contribution in [3.8, 4) is 0 Å². The monoisotopic (exact) mass is 212 g/mol. The molecule has 1 heterocycles. The van der Waals surface area contributed by atoms with Crippen LogP contribution in [-0.2, 0) is 0 Å². The predicted molar refractivity (Wildman–Crippen MR) is 27.0 cm³/mol. The van der Waals surface area contributed by atoms with Gasteiger partial charge in [0.2, 0.25) is 0 Å². The van der Waals surface area contributed by atoms with Gasteiger partial charge in [-0.1, -0.05) is 0 Å². The number of hydrogen-bond acceptors (Lipinski definition) is 1. The molecule has 1 saturated heterocycles. The van der Waals surface area contributed by atoms with Crippen LogP contribution < -0.4 is 21.2 Å². The van der Waals surface area contributed by atoms with E-state index in [1.54, 1.807) is 0 Å². The molecule has 0 unspecified atom stereocenters. The molecule has 1 aliphatic rings. The van der Waals surface area contributed by atoms with Crippen LogP contribution in [0.1, 0.15) is 6.92 Å². The van der Waals surface area contributed by atoms with Gasteiger partial charge >= 0.3 is 55.1 Å². The molecule has 0 aliphatic carbocycles. The van der Waals surface area contributed by atoms with E-state index >= 15 is 0 Å². The molecule has 44 valence electrons. The summed E-state index contributed by atoms with van der Waals surface area (Å²) in [5.41, 5.74) is 0. The van der Waals surface area contributed by atoms with Crippen molar-refractivity contribution in [2.24, 2.45) is 0 Å². The third-order valence-corrected chi connectivity index (χ3v) is 4.81. The van der Waals surface area contributed by atoms with Crippen LogP contribution in [0, 0.1) is 0 Å². The average Bonchev–Trinajstić information content (AvgIpc) is 1.91. The minimum atomic E-state index is 0.588. The van der Waals surface area contributed by atoms with Crippen LogP contribution in [0.4, 0.5) is 0 Å². The van der Waals surface area contributed by atoms with Crippen LogP contribution in [0.25, 0.3) is 0 Å². The second kappa shape index (κ2) is 2.31. The van der Waals surface area contributed by atoms with Gasteiger partial charge in [-0.05, 0) is 0 Å². The van der Waals surface area contributed by atoms with Crippen molar-refractivity contribution in [1.29, 1.82) is 0 Å². The Morgan fingerprint density at radius 1 is 1.71 bits per heavy atom. The predicted octanol–water partition coefficient (Wildman–Crippen LogP) is -2.63. The van der Waals surface area contributed by atoms with E-state index < -0.39 is 0 Å². The van der Waals surface area contributed by atoms with Gasteiger partial charge in [0.25, 0.3) is 0 Å². The van der Waals surface area contributed by atoms with Crippen LogP contribution >= 0.6 is 0 Å². The van der Waals surface area contributed by atoms with E-state index in [0.29, 0.717) is 21.2 Å². The van der Waals surface area contributed by atoms with E-state index in [2.05, 4.69) is 18.9 Å². The first-order valence-electron chi connectivity index (χ1n) is 2.54. The van der Waals surface area contributed by atoms with Crippen molar-refractivity contribution in [3.63, 3.8) is 0 Å². The molecule has 1 atom stereocenters. The van der Waals surface area contributed by atoms with Gasteiger partial charge in [-0.25, -0.2) is 0 Å². The Morgan fingerprint density at radius 2 is 2.43 bits per heavy atom. The van der Waals surface area contributed by atoms with Crippen molar-refractivity contribution >= 4 is 0 Å². The van der Waals surface area contributed by atoms with Crippen LogP contribution in [0.15, 0.2) is 0 Å². The van der Waals surface area contributed by atoms with Gasteiger partial charge in [-0.15, -0.1) is 0 Å². The van der Waals surface area contributed by atoms with E-state index in [9.17, 15) is 0 Å². The Morgan fingerprint density at radius 3 is 2.57 bits per heavy atom. The van der Waals surface area contributed by atoms with Crippen LogP contribution in [-0.4, -0.2) is 27.0 Å². The summed E-state index contributed by atoms with van der Waals surface area (Å²) in [5, 5.41) is 0. The van der Waals surface area contributed by atoms with Crippen molar-refractivity contribution in [1.82, 2.24) is 4.90 Å². The molecule has 0 spiro atoms. The van der Waals surface area contributed by atoms with Crippen molar-refractivity contribution < 1.29 is 21.2 Å². The van der Waals surface area contributed by atoms with Gasteiger partial charge in [-0.2, -0.15) is 0 Å². The first-order valence-corrected chi connectivity index (χ1v) is 5.59. The molecule has 0 amide bonds. The summed E-state index contributed by atoms with van der Waals surface area (Å²) >= 11 is 0.588. The van der Waals surface area contributed by atoms with E-state index in [-0.39, 0.29) is 0 Å². The Balaban J connectivity index is 2.33. The average molecular weight is 212 g/mol. The van der Waals surface area contributed by atoms with Crippen molar-refractivity contribution in [2.45, 2.75) is 13.0 Å². The third kappa shape index (κ3) is 1.29. The molecule has 1 rings (SSSR count). The number of halogens is 1. The Kier molecular flexibility index (Phi) is 1.92. The summed E-state index contributed by atoms with van der Waals surface area (Å²) in [5.74, 6) is 0. The second-order valence-electron chi connectivity index (χ2n) is 2.07. The summed E-state index contributed by atoms with van der Waals surface area (Å²) in [6.07, 6.45) is 0. The zero-order chi connectivity index (χ0) is 5.28. The van der Waals surface area contributed by atoms with Gasteiger partial charge < -0.3 is 0 Å².